The Balaban J connectivity index is 2.30. The van der Waals surface area contributed by atoms with E-state index in [1.807, 2.05) is 0 Å². The summed E-state index contributed by atoms with van der Waals surface area (Å²) in [5.74, 6) is 1.34. The summed E-state index contributed by atoms with van der Waals surface area (Å²) in [5.41, 5.74) is 5.46. The molecular formula is C11H7Cl3N2O. The molecular weight excluding hydrogens is 282 g/mol. The smallest absolute Gasteiger partial charge is 0.147 e. The number of benzene rings is 1. The van der Waals surface area contributed by atoms with Gasteiger partial charge in [-0.15, -0.1) is 0 Å². The maximum atomic E-state index is 5.97. The highest BCUT2D eigenvalue weighted by molar-refractivity contribution is 6.43. The lowest BCUT2D eigenvalue weighted by Crippen LogP contribution is -1.91. The van der Waals surface area contributed by atoms with Crippen LogP contribution in [0, 0.1) is 0 Å². The van der Waals surface area contributed by atoms with Crippen molar-refractivity contribution in [3.8, 4) is 11.5 Å². The van der Waals surface area contributed by atoms with E-state index in [9.17, 15) is 0 Å². The van der Waals surface area contributed by atoms with Gasteiger partial charge in [0.15, 0.2) is 0 Å². The zero-order chi connectivity index (χ0) is 12.4. The van der Waals surface area contributed by atoms with Crippen LogP contribution in [0.15, 0.2) is 30.5 Å². The fourth-order valence-electron chi connectivity index (χ4n) is 1.16. The molecule has 0 atom stereocenters. The van der Waals surface area contributed by atoms with Crippen LogP contribution in [0.5, 0.6) is 11.5 Å². The van der Waals surface area contributed by atoms with Crippen molar-refractivity contribution in [1.82, 2.24) is 4.98 Å². The van der Waals surface area contributed by atoms with E-state index in [0.717, 1.165) is 0 Å². The summed E-state index contributed by atoms with van der Waals surface area (Å²) in [6, 6.07) is 6.37. The molecule has 0 amide bonds. The molecule has 0 radical (unpaired) electrons. The molecule has 0 aliphatic rings. The van der Waals surface area contributed by atoms with Crippen molar-refractivity contribution in [2.24, 2.45) is 0 Å². The zero-order valence-corrected chi connectivity index (χ0v) is 10.7. The number of anilines is 1. The average molecular weight is 290 g/mol. The van der Waals surface area contributed by atoms with Crippen LogP contribution in [0.1, 0.15) is 0 Å². The number of rotatable bonds is 2. The van der Waals surface area contributed by atoms with Crippen LogP contribution in [0.4, 0.5) is 5.82 Å². The Labute approximate surface area is 113 Å². The number of hydrogen-bond acceptors (Lipinski definition) is 3. The fourth-order valence-corrected chi connectivity index (χ4v) is 1.74. The lowest BCUT2D eigenvalue weighted by Gasteiger charge is -2.08. The summed E-state index contributed by atoms with van der Waals surface area (Å²) in [6.07, 6.45) is 1.49. The molecule has 17 heavy (non-hydrogen) atoms. The van der Waals surface area contributed by atoms with Gasteiger partial charge in [0.25, 0.3) is 0 Å². The largest absolute Gasteiger partial charge is 0.454 e. The van der Waals surface area contributed by atoms with E-state index in [0.29, 0.717) is 32.4 Å². The third kappa shape index (κ3) is 2.94. The second kappa shape index (κ2) is 5.00. The lowest BCUT2D eigenvalue weighted by atomic mass is 10.3. The quantitative estimate of drug-likeness (QED) is 0.833. The highest BCUT2D eigenvalue weighted by Crippen LogP contribution is 2.36. The molecule has 0 saturated carbocycles. The van der Waals surface area contributed by atoms with E-state index in [4.69, 9.17) is 45.3 Å². The normalized spacial score (nSPS) is 10.3. The molecule has 3 nitrogen and oxygen atoms in total. The first-order valence-electron chi connectivity index (χ1n) is 4.60. The summed E-state index contributed by atoms with van der Waals surface area (Å²) in [7, 11) is 0. The zero-order valence-electron chi connectivity index (χ0n) is 8.45. The van der Waals surface area contributed by atoms with E-state index in [2.05, 4.69) is 4.98 Å². The van der Waals surface area contributed by atoms with Gasteiger partial charge in [-0.05, 0) is 18.2 Å². The van der Waals surface area contributed by atoms with Crippen molar-refractivity contribution >= 4 is 40.6 Å². The Kier molecular flexibility index (Phi) is 3.62. The number of nitrogens with zero attached hydrogens (tertiary/aromatic N) is 1. The highest BCUT2D eigenvalue weighted by atomic mass is 35.5. The van der Waals surface area contributed by atoms with Crippen molar-refractivity contribution in [3.05, 3.63) is 45.5 Å². The standard InChI is InChI=1S/C11H7Cl3N2O/c12-7-3-9(14)10(4-8(7)13)17-6-1-2-11(15)16-5-6/h1-5H,(H2,15,16). The molecule has 1 aromatic carbocycles. The summed E-state index contributed by atoms with van der Waals surface area (Å²) < 4.78 is 5.51. The van der Waals surface area contributed by atoms with Gasteiger partial charge < -0.3 is 10.5 Å². The topological polar surface area (TPSA) is 48.1 Å². The Bertz CT molecular complexity index is 543. The van der Waals surface area contributed by atoms with E-state index in [-0.39, 0.29) is 0 Å². The predicted molar refractivity (Wildman–Crippen MR) is 70.2 cm³/mol. The molecule has 0 aliphatic heterocycles. The molecule has 0 bridgehead atoms. The van der Waals surface area contributed by atoms with Crippen molar-refractivity contribution in [2.75, 3.05) is 5.73 Å². The first kappa shape index (κ1) is 12.3. The average Bonchev–Trinajstić information content (AvgIpc) is 2.29. The molecule has 1 aromatic heterocycles. The predicted octanol–water partition coefficient (Wildman–Crippen LogP) is 4.42. The van der Waals surface area contributed by atoms with Gasteiger partial charge in [0.05, 0.1) is 21.3 Å². The van der Waals surface area contributed by atoms with E-state index >= 15 is 0 Å². The molecule has 0 spiro atoms. The molecule has 0 aliphatic carbocycles. The maximum Gasteiger partial charge on any atom is 0.147 e. The van der Waals surface area contributed by atoms with Gasteiger partial charge in [-0.1, -0.05) is 34.8 Å². The first-order chi connectivity index (χ1) is 8.06. The second-order valence-corrected chi connectivity index (χ2v) is 4.44. The van der Waals surface area contributed by atoms with Crippen LogP contribution < -0.4 is 10.5 Å². The molecule has 2 rings (SSSR count). The minimum atomic E-state index is 0.370. The van der Waals surface area contributed by atoms with Gasteiger partial charge >= 0.3 is 0 Å². The van der Waals surface area contributed by atoms with Crippen LogP contribution in [0.25, 0.3) is 0 Å². The van der Waals surface area contributed by atoms with E-state index < -0.39 is 0 Å². The highest BCUT2D eigenvalue weighted by Gasteiger charge is 2.08. The Morgan fingerprint density at radius 2 is 1.71 bits per heavy atom. The monoisotopic (exact) mass is 288 g/mol. The number of nitrogens with two attached hydrogens (primary N) is 1. The number of nitrogen functional groups attached to an aromatic ring is 1. The van der Waals surface area contributed by atoms with Gasteiger partial charge in [0.2, 0.25) is 0 Å². The molecule has 0 unspecified atom stereocenters. The molecule has 2 N–H and O–H groups in total. The maximum absolute atomic E-state index is 5.97. The molecule has 0 fully saturated rings. The van der Waals surface area contributed by atoms with Crippen molar-refractivity contribution < 1.29 is 4.74 Å². The van der Waals surface area contributed by atoms with Crippen LogP contribution >= 0.6 is 34.8 Å². The van der Waals surface area contributed by atoms with Gasteiger partial charge in [-0.3, -0.25) is 0 Å². The third-order valence-corrected chi connectivity index (χ3v) is 2.98. The van der Waals surface area contributed by atoms with Crippen molar-refractivity contribution in [2.45, 2.75) is 0 Å². The van der Waals surface area contributed by atoms with Gasteiger partial charge in [0.1, 0.15) is 17.3 Å². The summed E-state index contributed by atoms with van der Waals surface area (Å²) in [5, 5.41) is 1.12. The minimum Gasteiger partial charge on any atom is -0.454 e. The number of halogens is 3. The third-order valence-electron chi connectivity index (χ3n) is 1.96. The molecule has 0 saturated heterocycles. The van der Waals surface area contributed by atoms with E-state index in [1.165, 1.54) is 12.3 Å². The lowest BCUT2D eigenvalue weighted by molar-refractivity contribution is 0.481. The van der Waals surface area contributed by atoms with Crippen LogP contribution in [-0.4, -0.2) is 4.98 Å². The second-order valence-electron chi connectivity index (χ2n) is 3.22. The van der Waals surface area contributed by atoms with Gasteiger partial charge in [-0.25, -0.2) is 4.98 Å². The number of ether oxygens (including phenoxy) is 1. The van der Waals surface area contributed by atoms with Gasteiger partial charge in [-0.2, -0.15) is 0 Å². The van der Waals surface area contributed by atoms with Gasteiger partial charge in [0, 0.05) is 6.07 Å². The molecule has 1 heterocycles. The molecule has 6 heteroatoms. The van der Waals surface area contributed by atoms with E-state index in [1.54, 1.807) is 18.2 Å². The Hall–Kier alpha value is -1.16. The van der Waals surface area contributed by atoms with Crippen LogP contribution in [-0.2, 0) is 0 Å². The fraction of sp³-hybridized carbons (Fsp3) is 0. The number of aromatic nitrogens is 1. The van der Waals surface area contributed by atoms with Crippen LogP contribution in [0.3, 0.4) is 0 Å². The molecule has 2 aromatic rings. The van der Waals surface area contributed by atoms with Crippen molar-refractivity contribution in [1.29, 1.82) is 0 Å². The number of hydrogen-bond donors (Lipinski definition) is 1. The summed E-state index contributed by atoms with van der Waals surface area (Å²) >= 11 is 17.6. The Morgan fingerprint density at radius 3 is 2.35 bits per heavy atom. The van der Waals surface area contributed by atoms with Crippen LogP contribution in [0.2, 0.25) is 15.1 Å². The Morgan fingerprint density at radius 1 is 1.00 bits per heavy atom. The minimum absolute atomic E-state index is 0.370. The molecule has 88 valence electrons. The first-order valence-corrected chi connectivity index (χ1v) is 5.73. The number of pyridine rings is 1. The summed E-state index contributed by atoms with van der Waals surface area (Å²) in [4.78, 5) is 3.90. The SMILES string of the molecule is Nc1ccc(Oc2cc(Cl)c(Cl)cc2Cl)cn1. The van der Waals surface area contributed by atoms with Crippen molar-refractivity contribution in [3.63, 3.8) is 0 Å². The summed E-state index contributed by atoms with van der Waals surface area (Å²) in [6.45, 7) is 0.